The molecule has 0 bridgehead atoms. The van der Waals surface area contributed by atoms with E-state index in [-0.39, 0.29) is 11.5 Å². The lowest BCUT2D eigenvalue weighted by Gasteiger charge is -2.21. The summed E-state index contributed by atoms with van der Waals surface area (Å²) >= 11 is 0. The second kappa shape index (κ2) is 4.27. The van der Waals surface area contributed by atoms with Crippen LogP contribution in [-0.2, 0) is 5.41 Å². The van der Waals surface area contributed by atoms with Gasteiger partial charge in [0, 0.05) is 11.0 Å². The second-order valence-corrected chi connectivity index (χ2v) is 6.42. The van der Waals surface area contributed by atoms with E-state index in [0.717, 1.165) is 30.8 Å². The SMILES string of the molecule is CC1(C)COc2ccc(C(O)C3CCCC3)cc21. The summed E-state index contributed by atoms with van der Waals surface area (Å²) in [6.45, 7) is 5.14. The number of benzene rings is 1. The normalized spacial score (nSPS) is 23.7. The van der Waals surface area contributed by atoms with E-state index in [9.17, 15) is 5.11 Å². The number of hydrogen-bond donors (Lipinski definition) is 1. The molecular weight excluding hydrogens is 224 g/mol. The van der Waals surface area contributed by atoms with E-state index in [4.69, 9.17) is 4.74 Å². The Balaban J connectivity index is 1.90. The lowest BCUT2D eigenvalue weighted by Crippen LogP contribution is -2.18. The molecule has 1 atom stereocenters. The number of aliphatic hydroxyl groups is 1. The minimum atomic E-state index is -0.297. The molecule has 0 radical (unpaired) electrons. The predicted octanol–water partition coefficient (Wildman–Crippen LogP) is 3.58. The minimum Gasteiger partial charge on any atom is -0.492 e. The first kappa shape index (κ1) is 12.0. The second-order valence-electron chi connectivity index (χ2n) is 6.42. The van der Waals surface area contributed by atoms with E-state index >= 15 is 0 Å². The molecule has 1 aliphatic carbocycles. The fourth-order valence-electron chi connectivity index (χ4n) is 3.27. The predicted molar refractivity (Wildman–Crippen MR) is 71.9 cm³/mol. The molecule has 1 saturated carbocycles. The van der Waals surface area contributed by atoms with E-state index in [1.54, 1.807) is 0 Å². The maximum Gasteiger partial charge on any atom is 0.123 e. The molecule has 1 fully saturated rings. The van der Waals surface area contributed by atoms with Crippen molar-refractivity contribution in [1.29, 1.82) is 0 Å². The summed E-state index contributed by atoms with van der Waals surface area (Å²) in [4.78, 5) is 0. The molecule has 1 heterocycles. The van der Waals surface area contributed by atoms with Crippen molar-refractivity contribution < 1.29 is 9.84 Å². The maximum absolute atomic E-state index is 10.5. The molecular formula is C16H22O2. The Labute approximate surface area is 109 Å². The largest absolute Gasteiger partial charge is 0.492 e. The monoisotopic (exact) mass is 246 g/mol. The highest BCUT2D eigenvalue weighted by Crippen LogP contribution is 2.42. The van der Waals surface area contributed by atoms with Gasteiger partial charge in [-0.15, -0.1) is 0 Å². The molecule has 1 N–H and O–H groups in total. The average Bonchev–Trinajstić information content (AvgIpc) is 2.97. The molecule has 1 aliphatic heterocycles. The van der Waals surface area contributed by atoms with Crippen LogP contribution in [0.2, 0.25) is 0 Å². The molecule has 2 nitrogen and oxygen atoms in total. The highest BCUT2D eigenvalue weighted by Gasteiger charge is 2.33. The smallest absolute Gasteiger partial charge is 0.123 e. The molecule has 3 rings (SSSR count). The van der Waals surface area contributed by atoms with Crippen molar-refractivity contribution in [2.24, 2.45) is 5.92 Å². The first-order chi connectivity index (χ1) is 8.58. The molecule has 0 spiro atoms. The van der Waals surface area contributed by atoms with Gasteiger partial charge < -0.3 is 9.84 Å². The van der Waals surface area contributed by atoms with Gasteiger partial charge in [-0.25, -0.2) is 0 Å². The topological polar surface area (TPSA) is 29.5 Å². The quantitative estimate of drug-likeness (QED) is 0.864. The number of fused-ring (bicyclic) bond motifs is 1. The Bertz CT molecular complexity index is 444. The molecule has 0 saturated heterocycles. The lowest BCUT2D eigenvalue weighted by molar-refractivity contribution is 0.111. The van der Waals surface area contributed by atoms with Crippen molar-refractivity contribution in [3.05, 3.63) is 29.3 Å². The Kier molecular flexibility index (Phi) is 2.86. The van der Waals surface area contributed by atoms with Crippen molar-refractivity contribution in [3.63, 3.8) is 0 Å². The zero-order chi connectivity index (χ0) is 12.8. The van der Waals surface area contributed by atoms with Crippen molar-refractivity contribution in [2.75, 3.05) is 6.61 Å². The van der Waals surface area contributed by atoms with Crippen LogP contribution in [0.3, 0.4) is 0 Å². The third kappa shape index (κ3) is 1.93. The fourth-order valence-corrected chi connectivity index (χ4v) is 3.27. The number of hydrogen-bond acceptors (Lipinski definition) is 2. The van der Waals surface area contributed by atoms with E-state index in [1.165, 1.54) is 18.4 Å². The van der Waals surface area contributed by atoms with Crippen LogP contribution in [-0.4, -0.2) is 11.7 Å². The van der Waals surface area contributed by atoms with Crippen molar-refractivity contribution in [3.8, 4) is 5.75 Å². The van der Waals surface area contributed by atoms with Gasteiger partial charge in [0.1, 0.15) is 5.75 Å². The summed E-state index contributed by atoms with van der Waals surface area (Å²) in [5.41, 5.74) is 2.39. The lowest BCUT2D eigenvalue weighted by atomic mass is 9.84. The summed E-state index contributed by atoms with van der Waals surface area (Å²) in [5, 5.41) is 10.5. The van der Waals surface area contributed by atoms with Gasteiger partial charge in [0.15, 0.2) is 0 Å². The van der Waals surface area contributed by atoms with Gasteiger partial charge in [0.05, 0.1) is 12.7 Å². The van der Waals surface area contributed by atoms with E-state index < -0.39 is 0 Å². The van der Waals surface area contributed by atoms with Crippen LogP contribution in [0.25, 0.3) is 0 Å². The highest BCUT2D eigenvalue weighted by molar-refractivity contribution is 5.45. The molecule has 18 heavy (non-hydrogen) atoms. The van der Waals surface area contributed by atoms with Crippen LogP contribution in [0.1, 0.15) is 56.8 Å². The molecule has 1 aromatic carbocycles. The van der Waals surface area contributed by atoms with E-state index in [0.29, 0.717) is 5.92 Å². The standard InChI is InChI=1S/C16H22O2/c1-16(2)10-18-14-8-7-12(9-13(14)16)15(17)11-5-3-4-6-11/h7-9,11,15,17H,3-6,10H2,1-2H3. The van der Waals surface area contributed by atoms with Crippen LogP contribution in [0.15, 0.2) is 18.2 Å². The van der Waals surface area contributed by atoms with Crippen molar-refractivity contribution in [2.45, 2.75) is 51.0 Å². The fraction of sp³-hybridized carbons (Fsp3) is 0.625. The van der Waals surface area contributed by atoms with Crippen molar-refractivity contribution in [1.82, 2.24) is 0 Å². The van der Waals surface area contributed by atoms with E-state index in [2.05, 4.69) is 19.9 Å². The molecule has 1 unspecified atom stereocenters. The van der Waals surface area contributed by atoms with Gasteiger partial charge in [0.25, 0.3) is 0 Å². The van der Waals surface area contributed by atoms with Gasteiger partial charge in [-0.3, -0.25) is 0 Å². The molecule has 1 aromatic rings. The Hall–Kier alpha value is -1.02. The van der Waals surface area contributed by atoms with Gasteiger partial charge in [-0.05, 0) is 36.5 Å². The van der Waals surface area contributed by atoms with Gasteiger partial charge in [-0.2, -0.15) is 0 Å². The summed E-state index contributed by atoms with van der Waals surface area (Å²) in [5.74, 6) is 1.44. The zero-order valence-corrected chi connectivity index (χ0v) is 11.3. The molecule has 0 amide bonds. The molecule has 98 valence electrons. The zero-order valence-electron chi connectivity index (χ0n) is 11.3. The maximum atomic E-state index is 10.5. The summed E-state index contributed by atoms with van der Waals surface area (Å²) in [6.07, 6.45) is 4.56. The van der Waals surface area contributed by atoms with Crippen LogP contribution in [0, 0.1) is 5.92 Å². The molecule has 0 aromatic heterocycles. The van der Waals surface area contributed by atoms with Gasteiger partial charge in [0.2, 0.25) is 0 Å². The number of rotatable bonds is 2. The van der Waals surface area contributed by atoms with Crippen LogP contribution >= 0.6 is 0 Å². The third-order valence-electron chi connectivity index (χ3n) is 4.51. The molecule has 2 heteroatoms. The molecule has 2 aliphatic rings. The Morgan fingerprint density at radius 3 is 2.72 bits per heavy atom. The Morgan fingerprint density at radius 1 is 1.28 bits per heavy atom. The summed E-state index contributed by atoms with van der Waals surface area (Å²) < 4.78 is 5.69. The van der Waals surface area contributed by atoms with Gasteiger partial charge >= 0.3 is 0 Å². The third-order valence-corrected chi connectivity index (χ3v) is 4.51. The van der Waals surface area contributed by atoms with Crippen molar-refractivity contribution >= 4 is 0 Å². The van der Waals surface area contributed by atoms with Crippen LogP contribution in [0.4, 0.5) is 0 Å². The highest BCUT2D eigenvalue weighted by atomic mass is 16.5. The first-order valence-electron chi connectivity index (χ1n) is 7.03. The number of aliphatic hydroxyl groups excluding tert-OH is 1. The Morgan fingerprint density at radius 2 is 2.00 bits per heavy atom. The summed E-state index contributed by atoms with van der Waals surface area (Å²) in [6, 6.07) is 6.21. The average molecular weight is 246 g/mol. The van der Waals surface area contributed by atoms with Gasteiger partial charge in [-0.1, -0.05) is 32.8 Å². The van der Waals surface area contributed by atoms with E-state index in [1.807, 2.05) is 12.1 Å². The van der Waals surface area contributed by atoms with Crippen LogP contribution in [0.5, 0.6) is 5.75 Å². The minimum absolute atomic E-state index is 0.0702. The summed E-state index contributed by atoms with van der Waals surface area (Å²) in [7, 11) is 0. The van der Waals surface area contributed by atoms with Crippen LogP contribution < -0.4 is 4.74 Å². The first-order valence-corrected chi connectivity index (χ1v) is 7.03. The number of ether oxygens (including phenoxy) is 1.